The first kappa shape index (κ1) is 22.6. The predicted molar refractivity (Wildman–Crippen MR) is 102 cm³/mol. The second kappa shape index (κ2) is 16.4. The normalized spacial score (nSPS) is 15.2. The second-order valence-electron chi connectivity index (χ2n) is 6.08. The van der Waals surface area contributed by atoms with Crippen molar-refractivity contribution in [3.8, 4) is 0 Å². The molecule has 2 N–H and O–H groups in total. The monoisotopic (exact) mass is 334 g/mol. The maximum absolute atomic E-state index is 10.8. The van der Waals surface area contributed by atoms with Crippen molar-refractivity contribution in [1.82, 2.24) is 0 Å². The lowest BCUT2D eigenvalue weighted by Crippen LogP contribution is -2.23. The SMILES string of the molecule is CCCCCC/C=C/C=C/C=C/C=C/C(O)C(O)CCCC(C)=O. The summed E-state index contributed by atoms with van der Waals surface area (Å²) in [5, 5.41) is 19.5. The molecule has 0 radical (unpaired) electrons. The average molecular weight is 335 g/mol. The molecule has 0 rings (SSSR count). The zero-order valence-electron chi connectivity index (χ0n) is 15.2. The third-order valence-corrected chi connectivity index (χ3v) is 3.65. The van der Waals surface area contributed by atoms with Crippen LogP contribution in [0.1, 0.15) is 65.2 Å². The Morgan fingerprint density at radius 2 is 1.58 bits per heavy atom. The van der Waals surface area contributed by atoms with Gasteiger partial charge in [-0.3, -0.25) is 0 Å². The number of carbonyl (C=O) groups is 1. The largest absolute Gasteiger partial charge is 0.390 e. The molecule has 136 valence electrons. The third kappa shape index (κ3) is 15.4. The molecule has 0 spiro atoms. The summed E-state index contributed by atoms with van der Waals surface area (Å²) < 4.78 is 0. The van der Waals surface area contributed by atoms with Crippen LogP contribution in [-0.2, 0) is 4.79 Å². The van der Waals surface area contributed by atoms with Crippen LogP contribution in [-0.4, -0.2) is 28.2 Å². The summed E-state index contributed by atoms with van der Waals surface area (Å²) in [5.41, 5.74) is 0. The number of hydrogen-bond acceptors (Lipinski definition) is 3. The molecule has 2 unspecified atom stereocenters. The molecule has 0 aromatic rings. The highest BCUT2D eigenvalue weighted by atomic mass is 16.3. The van der Waals surface area contributed by atoms with E-state index in [-0.39, 0.29) is 5.78 Å². The van der Waals surface area contributed by atoms with Gasteiger partial charge in [-0.2, -0.15) is 0 Å². The maximum atomic E-state index is 10.8. The molecule has 0 saturated heterocycles. The standard InChI is InChI=1S/C21H34O3/c1-3-4-5-6-7-8-9-10-11-12-13-14-17-20(23)21(24)18-15-16-19(2)22/h8-14,17,20-21,23-24H,3-7,15-16,18H2,1-2H3/b9-8+,11-10+,13-12+,17-14+. The zero-order valence-corrected chi connectivity index (χ0v) is 15.2. The van der Waals surface area contributed by atoms with Gasteiger partial charge in [-0.25, -0.2) is 0 Å². The smallest absolute Gasteiger partial charge is 0.129 e. The Balaban J connectivity index is 3.83. The van der Waals surface area contributed by atoms with Crippen LogP contribution >= 0.6 is 0 Å². The zero-order chi connectivity index (χ0) is 18.0. The van der Waals surface area contributed by atoms with Gasteiger partial charge in [-0.05, 0) is 32.6 Å². The summed E-state index contributed by atoms with van der Waals surface area (Å²) in [6, 6.07) is 0. The van der Waals surface area contributed by atoms with Crippen LogP contribution < -0.4 is 0 Å². The van der Waals surface area contributed by atoms with Gasteiger partial charge in [0.15, 0.2) is 0 Å². The van der Waals surface area contributed by atoms with Crippen molar-refractivity contribution < 1.29 is 15.0 Å². The number of rotatable bonds is 14. The van der Waals surface area contributed by atoms with Crippen molar-refractivity contribution in [3.63, 3.8) is 0 Å². The number of unbranched alkanes of at least 4 members (excludes halogenated alkanes) is 4. The van der Waals surface area contributed by atoms with E-state index in [0.717, 1.165) is 6.42 Å². The molecule has 0 amide bonds. The van der Waals surface area contributed by atoms with Gasteiger partial charge in [0.05, 0.1) is 12.2 Å². The van der Waals surface area contributed by atoms with Gasteiger partial charge in [-0.15, -0.1) is 0 Å². The summed E-state index contributed by atoms with van der Waals surface area (Å²) in [7, 11) is 0. The van der Waals surface area contributed by atoms with Crippen molar-refractivity contribution in [2.45, 2.75) is 77.4 Å². The molecule has 24 heavy (non-hydrogen) atoms. The highest BCUT2D eigenvalue weighted by molar-refractivity contribution is 5.75. The lowest BCUT2D eigenvalue weighted by Gasteiger charge is -2.13. The van der Waals surface area contributed by atoms with Crippen LogP contribution in [0, 0.1) is 0 Å². The van der Waals surface area contributed by atoms with E-state index in [1.54, 1.807) is 12.2 Å². The Kier molecular flexibility index (Phi) is 15.4. The molecule has 3 nitrogen and oxygen atoms in total. The Hall–Kier alpha value is -1.45. The average Bonchev–Trinajstić information content (AvgIpc) is 2.55. The van der Waals surface area contributed by atoms with E-state index in [9.17, 15) is 15.0 Å². The fourth-order valence-electron chi connectivity index (χ4n) is 2.16. The Bertz CT molecular complexity index is 419. The number of carbonyl (C=O) groups excluding carboxylic acids is 1. The molecule has 0 fully saturated rings. The first-order chi connectivity index (χ1) is 11.6. The number of Topliss-reactive ketones (excluding diaryl/α,β-unsaturated/α-hetero) is 1. The lowest BCUT2D eigenvalue weighted by molar-refractivity contribution is -0.117. The van der Waals surface area contributed by atoms with Crippen molar-refractivity contribution in [2.24, 2.45) is 0 Å². The number of aliphatic hydroxyl groups excluding tert-OH is 2. The van der Waals surface area contributed by atoms with Crippen molar-refractivity contribution in [2.75, 3.05) is 0 Å². The van der Waals surface area contributed by atoms with E-state index in [2.05, 4.69) is 13.0 Å². The third-order valence-electron chi connectivity index (χ3n) is 3.65. The quantitative estimate of drug-likeness (QED) is 0.359. The first-order valence-corrected chi connectivity index (χ1v) is 9.10. The van der Waals surface area contributed by atoms with E-state index < -0.39 is 12.2 Å². The summed E-state index contributed by atoms with van der Waals surface area (Å²) in [6.07, 6.45) is 21.2. The Morgan fingerprint density at radius 1 is 0.917 bits per heavy atom. The minimum Gasteiger partial charge on any atom is -0.390 e. The molecule has 0 aliphatic heterocycles. The highest BCUT2D eigenvalue weighted by Crippen LogP contribution is 2.07. The Labute approximate surface area is 147 Å². The van der Waals surface area contributed by atoms with Gasteiger partial charge in [0, 0.05) is 6.42 Å². The van der Waals surface area contributed by atoms with Crippen LogP contribution in [0.3, 0.4) is 0 Å². The van der Waals surface area contributed by atoms with E-state index >= 15 is 0 Å². The number of aliphatic hydroxyl groups is 2. The maximum Gasteiger partial charge on any atom is 0.129 e. The minimum atomic E-state index is -0.895. The molecule has 0 aliphatic rings. The molecule has 0 bridgehead atoms. The molecular formula is C21H34O3. The van der Waals surface area contributed by atoms with Crippen LogP contribution in [0.4, 0.5) is 0 Å². The molecular weight excluding hydrogens is 300 g/mol. The van der Waals surface area contributed by atoms with Gasteiger partial charge in [0.25, 0.3) is 0 Å². The number of ketones is 1. The van der Waals surface area contributed by atoms with E-state index in [1.165, 1.54) is 32.6 Å². The lowest BCUT2D eigenvalue weighted by atomic mass is 10.1. The summed E-state index contributed by atoms with van der Waals surface area (Å²) in [6.45, 7) is 3.75. The molecule has 3 heteroatoms. The van der Waals surface area contributed by atoms with Gasteiger partial charge in [-0.1, -0.05) is 74.8 Å². The summed E-state index contributed by atoms with van der Waals surface area (Å²) >= 11 is 0. The molecule has 0 aliphatic carbocycles. The van der Waals surface area contributed by atoms with Crippen LogP contribution in [0.25, 0.3) is 0 Å². The van der Waals surface area contributed by atoms with E-state index in [0.29, 0.717) is 19.3 Å². The molecule has 0 aromatic heterocycles. The Morgan fingerprint density at radius 3 is 2.25 bits per heavy atom. The van der Waals surface area contributed by atoms with E-state index in [4.69, 9.17) is 0 Å². The van der Waals surface area contributed by atoms with Gasteiger partial charge in [0.1, 0.15) is 5.78 Å². The van der Waals surface area contributed by atoms with Gasteiger partial charge < -0.3 is 15.0 Å². The molecule has 2 atom stereocenters. The van der Waals surface area contributed by atoms with Gasteiger partial charge in [0.2, 0.25) is 0 Å². The topological polar surface area (TPSA) is 57.5 Å². The summed E-state index contributed by atoms with van der Waals surface area (Å²) in [4.78, 5) is 10.8. The van der Waals surface area contributed by atoms with Gasteiger partial charge >= 0.3 is 0 Å². The second-order valence-corrected chi connectivity index (χ2v) is 6.08. The van der Waals surface area contributed by atoms with Crippen molar-refractivity contribution >= 4 is 5.78 Å². The predicted octanol–water partition coefficient (Wildman–Crippen LogP) is 4.66. The number of hydrogen-bond donors (Lipinski definition) is 2. The van der Waals surface area contributed by atoms with Crippen LogP contribution in [0.15, 0.2) is 48.6 Å². The van der Waals surface area contributed by atoms with Crippen molar-refractivity contribution in [3.05, 3.63) is 48.6 Å². The minimum absolute atomic E-state index is 0.108. The number of allylic oxidation sites excluding steroid dienone is 7. The summed E-state index contributed by atoms with van der Waals surface area (Å²) in [5.74, 6) is 0.108. The van der Waals surface area contributed by atoms with Crippen LogP contribution in [0.2, 0.25) is 0 Å². The first-order valence-electron chi connectivity index (χ1n) is 9.10. The van der Waals surface area contributed by atoms with Crippen LogP contribution in [0.5, 0.6) is 0 Å². The molecule has 0 heterocycles. The molecule has 0 aromatic carbocycles. The van der Waals surface area contributed by atoms with Crippen molar-refractivity contribution in [1.29, 1.82) is 0 Å². The molecule has 0 saturated carbocycles. The highest BCUT2D eigenvalue weighted by Gasteiger charge is 2.12. The fraction of sp³-hybridized carbons (Fsp3) is 0.571. The van der Waals surface area contributed by atoms with E-state index in [1.807, 2.05) is 30.4 Å². The fourth-order valence-corrected chi connectivity index (χ4v) is 2.16.